The number of thiazole rings is 1. The monoisotopic (exact) mass is 327 g/mol. The number of carbonyl (C=O) groups excluding carboxylic acids is 2. The molecular formula is C17H17N3O2S. The van der Waals surface area contributed by atoms with Crippen LogP contribution in [0.5, 0.6) is 0 Å². The summed E-state index contributed by atoms with van der Waals surface area (Å²) in [6, 6.07) is 9.36. The van der Waals surface area contributed by atoms with Gasteiger partial charge in [0.15, 0.2) is 5.78 Å². The molecule has 1 N–H and O–H groups in total. The Morgan fingerprint density at radius 2 is 2.04 bits per heavy atom. The number of rotatable bonds is 4. The second-order valence-corrected chi connectivity index (χ2v) is 6.53. The van der Waals surface area contributed by atoms with Crippen molar-refractivity contribution in [3.05, 3.63) is 52.8 Å². The molecule has 5 nitrogen and oxygen atoms in total. The maximum atomic E-state index is 12.6. The molecule has 0 spiro atoms. The van der Waals surface area contributed by atoms with Crippen molar-refractivity contribution in [2.24, 2.45) is 0 Å². The standard InChI is InChI=1S/C17H17N3O2S/c1-10(16-19-13-6-4-5-7-15(13)23-16)20(3)17(22)14-8-12(9-18-14)11(2)21/h4-10,18H,1-3H3/t10-/m1/s1. The fourth-order valence-electron chi connectivity index (χ4n) is 2.32. The largest absolute Gasteiger partial charge is 0.356 e. The number of carbonyl (C=O) groups is 2. The summed E-state index contributed by atoms with van der Waals surface area (Å²) in [5.41, 5.74) is 1.86. The van der Waals surface area contributed by atoms with Crippen molar-refractivity contribution in [1.82, 2.24) is 14.9 Å². The number of aromatic amines is 1. The smallest absolute Gasteiger partial charge is 0.270 e. The number of aromatic nitrogens is 2. The number of nitrogens with one attached hydrogen (secondary N) is 1. The number of benzene rings is 1. The Hall–Kier alpha value is -2.47. The molecule has 6 heteroatoms. The van der Waals surface area contributed by atoms with Crippen LogP contribution in [0, 0.1) is 0 Å². The summed E-state index contributed by atoms with van der Waals surface area (Å²) in [5.74, 6) is -0.230. The van der Waals surface area contributed by atoms with Gasteiger partial charge in [-0.05, 0) is 32.0 Å². The third-order valence-electron chi connectivity index (χ3n) is 3.89. The van der Waals surface area contributed by atoms with E-state index in [-0.39, 0.29) is 17.7 Å². The van der Waals surface area contributed by atoms with Crippen molar-refractivity contribution in [3.63, 3.8) is 0 Å². The summed E-state index contributed by atoms with van der Waals surface area (Å²) < 4.78 is 1.11. The first-order valence-corrected chi connectivity index (χ1v) is 8.11. The van der Waals surface area contributed by atoms with E-state index in [1.807, 2.05) is 31.2 Å². The molecule has 0 aliphatic rings. The minimum absolute atomic E-state index is 0.0674. The van der Waals surface area contributed by atoms with E-state index in [0.717, 1.165) is 15.2 Å². The third-order valence-corrected chi connectivity index (χ3v) is 5.10. The molecule has 0 aliphatic heterocycles. The molecule has 3 aromatic rings. The second kappa shape index (κ2) is 5.96. The van der Waals surface area contributed by atoms with E-state index in [1.165, 1.54) is 6.92 Å². The molecule has 1 atom stereocenters. The van der Waals surface area contributed by atoms with E-state index >= 15 is 0 Å². The van der Waals surface area contributed by atoms with Crippen LogP contribution in [0.3, 0.4) is 0 Å². The molecule has 0 radical (unpaired) electrons. The lowest BCUT2D eigenvalue weighted by Gasteiger charge is -2.22. The highest BCUT2D eigenvalue weighted by Gasteiger charge is 2.23. The first-order valence-electron chi connectivity index (χ1n) is 7.29. The predicted octanol–water partition coefficient (Wildman–Crippen LogP) is 3.66. The van der Waals surface area contributed by atoms with Crippen LogP contribution in [0.15, 0.2) is 36.5 Å². The zero-order chi connectivity index (χ0) is 16.6. The van der Waals surface area contributed by atoms with Crippen LogP contribution in [-0.2, 0) is 0 Å². The number of nitrogens with zero attached hydrogens (tertiary/aromatic N) is 2. The van der Waals surface area contributed by atoms with Gasteiger partial charge >= 0.3 is 0 Å². The molecule has 0 unspecified atom stereocenters. The Bertz CT molecular complexity index is 848. The van der Waals surface area contributed by atoms with Crippen molar-refractivity contribution in [2.45, 2.75) is 19.9 Å². The maximum absolute atomic E-state index is 12.6. The van der Waals surface area contributed by atoms with Crippen LogP contribution in [0.2, 0.25) is 0 Å². The summed E-state index contributed by atoms with van der Waals surface area (Å²) in [4.78, 5) is 33.0. The average molecular weight is 327 g/mol. The maximum Gasteiger partial charge on any atom is 0.270 e. The third kappa shape index (κ3) is 2.90. The molecule has 1 aromatic carbocycles. The highest BCUT2D eigenvalue weighted by molar-refractivity contribution is 7.18. The molecule has 0 bridgehead atoms. The van der Waals surface area contributed by atoms with Gasteiger partial charge in [-0.2, -0.15) is 0 Å². The van der Waals surface area contributed by atoms with E-state index in [2.05, 4.69) is 9.97 Å². The van der Waals surface area contributed by atoms with Gasteiger partial charge in [-0.15, -0.1) is 11.3 Å². The Kier molecular flexibility index (Phi) is 4.00. The van der Waals surface area contributed by atoms with Gasteiger partial charge in [0.1, 0.15) is 10.7 Å². The fourth-order valence-corrected chi connectivity index (χ4v) is 3.38. The van der Waals surface area contributed by atoms with Gasteiger partial charge < -0.3 is 9.88 Å². The zero-order valence-corrected chi connectivity index (χ0v) is 14.0. The molecule has 2 aromatic heterocycles. The number of ketones is 1. The van der Waals surface area contributed by atoms with Crippen molar-refractivity contribution >= 4 is 33.2 Å². The molecule has 118 valence electrons. The van der Waals surface area contributed by atoms with E-state index < -0.39 is 0 Å². The molecule has 0 saturated heterocycles. The van der Waals surface area contributed by atoms with Gasteiger partial charge in [0, 0.05) is 18.8 Å². The summed E-state index contributed by atoms with van der Waals surface area (Å²) in [5, 5.41) is 0.889. The SMILES string of the molecule is CC(=O)c1c[nH]c(C(=O)N(C)[C@H](C)c2nc3ccccc3s2)c1. The van der Waals surface area contributed by atoms with Crippen LogP contribution in [0.25, 0.3) is 10.2 Å². The number of hydrogen-bond acceptors (Lipinski definition) is 4. The van der Waals surface area contributed by atoms with E-state index in [4.69, 9.17) is 0 Å². The van der Waals surface area contributed by atoms with Crippen molar-refractivity contribution in [3.8, 4) is 0 Å². The van der Waals surface area contributed by atoms with Gasteiger partial charge in [0.25, 0.3) is 5.91 Å². The molecule has 0 fully saturated rings. The van der Waals surface area contributed by atoms with Crippen molar-refractivity contribution in [1.29, 1.82) is 0 Å². The topological polar surface area (TPSA) is 66.1 Å². The Morgan fingerprint density at radius 3 is 2.70 bits per heavy atom. The normalized spacial score (nSPS) is 12.3. The number of Topliss-reactive ketones (excluding diaryl/α,β-unsaturated/α-hetero) is 1. The molecule has 3 rings (SSSR count). The first-order chi connectivity index (χ1) is 11.0. The number of para-hydroxylation sites is 1. The predicted molar refractivity (Wildman–Crippen MR) is 90.9 cm³/mol. The van der Waals surface area contributed by atoms with Crippen LogP contribution in [0.1, 0.15) is 45.7 Å². The van der Waals surface area contributed by atoms with Crippen molar-refractivity contribution in [2.75, 3.05) is 7.05 Å². The second-order valence-electron chi connectivity index (χ2n) is 5.47. The fraction of sp³-hybridized carbons (Fsp3) is 0.235. The zero-order valence-electron chi connectivity index (χ0n) is 13.2. The van der Waals surface area contributed by atoms with Crippen LogP contribution >= 0.6 is 11.3 Å². The van der Waals surface area contributed by atoms with E-state index in [9.17, 15) is 9.59 Å². The number of amides is 1. The molecule has 2 heterocycles. The van der Waals surface area contributed by atoms with Gasteiger partial charge in [0.05, 0.1) is 16.3 Å². The number of fused-ring (bicyclic) bond motifs is 1. The van der Waals surface area contributed by atoms with Crippen LogP contribution in [-0.4, -0.2) is 33.6 Å². The van der Waals surface area contributed by atoms with E-state index in [0.29, 0.717) is 11.3 Å². The van der Waals surface area contributed by atoms with Gasteiger partial charge in [-0.25, -0.2) is 4.98 Å². The van der Waals surface area contributed by atoms with Gasteiger partial charge in [0.2, 0.25) is 0 Å². The molecule has 0 saturated carbocycles. The van der Waals surface area contributed by atoms with Gasteiger partial charge in [-0.1, -0.05) is 12.1 Å². The van der Waals surface area contributed by atoms with Crippen molar-refractivity contribution < 1.29 is 9.59 Å². The highest BCUT2D eigenvalue weighted by atomic mass is 32.1. The summed E-state index contributed by atoms with van der Waals surface area (Å²) in [6.07, 6.45) is 1.56. The minimum atomic E-state index is -0.163. The lowest BCUT2D eigenvalue weighted by molar-refractivity contribution is 0.0737. The highest BCUT2D eigenvalue weighted by Crippen LogP contribution is 2.29. The summed E-state index contributed by atoms with van der Waals surface area (Å²) >= 11 is 1.59. The average Bonchev–Trinajstić information content (AvgIpc) is 3.19. The number of H-pyrrole nitrogens is 1. The Balaban J connectivity index is 1.84. The molecule has 0 aliphatic carbocycles. The van der Waals surface area contributed by atoms with E-state index in [1.54, 1.807) is 35.5 Å². The Labute approximate surface area is 138 Å². The lowest BCUT2D eigenvalue weighted by atomic mass is 10.2. The quantitative estimate of drug-likeness (QED) is 0.744. The first kappa shape index (κ1) is 15.4. The summed E-state index contributed by atoms with van der Waals surface area (Å²) in [7, 11) is 1.74. The van der Waals surface area contributed by atoms with Crippen LogP contribution < -0.4 is 0 Å². The van der Waals surface area contributed by atoms with Crippen LogP contribution in [0.4, 0.5) is 0 Å². The molecule has 23 heavy (non-hydrogen) atoms. The molecular weight excluding hydrogens is 310 g/mol. The molecule has 1 amide bonds. The number of hydrogen-bond donors (Lipinski definition) is 1. The summed E-state index contributed by atoms with van der Waals surface area (Å²) in [6.45, 7) is 3.43. The van der Waals surface area contributed by atoms with Gasteiger partial charge in [-0.3, -0.25) is 9.59 Å². The lowest BCUT2D eigenvalue weighted by Crippen LogP contribution is -2.29. The minimum Gasteiger partial charge on any atom is -0.356 e. The Morgan fingerprint density at radius 1 is 1.30 bits per heavy atom.